The topological polar surface area (TPSA) is 64.7 Å². The molecule has 2 aromatic carbocycles. The lowest BCUT2D eigenvalue weighted by Crippen LogP contribution is -2.51. The molecule has 1 heterocycles. The number of nitrogens with one attached hydrogen (secondary N) is 2. The first-order valence-corrected chi connectivity index (χ1v) is 8.70. The number of para-hydroxylation sites is 1. The van der Waals surface area contributed by atoms with Gasteiger partial charge in [-0.1, -0.05) is 18.2 Å². The second-order valence-electron chi connectivity index (χ2n) is 6.33. The van der Waals surface area contributed by atoms with Gasteiger partial charge in [0.15, 0.2) is 17.5 Å². The van der Waals surface area contributed by atoms with Crippen molar-refractivity contribution < 1.29 is 22.8 Å². The van der Waals surface area contributed by atoms with Crippen molar-refractivity contribution in [2.75, 3.05) is 43.4 Å². The minimum atomic E-state index is -1.63. The molecule has 1 fully saturated rings. The molecule has 1 aliphatic rings. The summed E-state index contributed by atoms with van der Waals surface area (Å²) in [4.78, 5) is 27.6. The number of rotatable bonds is 4. The van der Waals surface area contributed by atoms with Gasteiger partial charge in [0.2, 0.25) is 5.91 Å². The largest absolute Gasteiger partial charge is 0.325 e. The van der Waals surface area contributed by atoms with Crippen LogP contribution in [0.2, 0.25) is 0 Å². The molecule has 0 spiro atoms. The third-order valence-electron chi connectivity index (χ3n) is 4.36. The van der Waals surface area contributed by atoms with Gasteiger partial charge < -0.3 is 15.5 Å². The first kappa shape index (κ1) is 19.7. The highest BCUT2D eigenvalue weighted by atomic mass is 19.2. The Labute approximate surface area is 159 Å². The second kappa shape index (κ2) is 8.75. The minimum absolute atomic E-state index is 0.159. The molecule has 2 aromatic rings. The first-order chi connectivity index (χ1) is 13.4. The fraction of sp³-hybridized carbons (Fsp3) is 0.263. The van der Waals surface area contributed by atoms with E-state index in [0.29, 0.717) is 31.9 Å². The van der Waals surface area contributed by atoms with Gasteiger partial charge in [0.1, 0.15) is 0 Å². The number of anilines is 2. The second-order valence-corrected chi connectivity index (χ2v) is 6.33. The monoisotopic (exact) mass is 392 g/mol. The van der Waals surface area contributed by atoms with Gasteiger partial charge in [-0.2, -0.15) is 0 Å². The van der Waals surface area contributed by atoms with Crippen LogP contribution >= 0.6 is 0 Å². The lowest BCUT2D eigenvalue weighted by Gasteiger charge is -2.34. The van der Waals surface area contributed by atoms with Crippen LogP contribution in [0.3, 0.4) is 0 Å². The summed E-state index contributed by atoms with van der Waals surface area (Å²) in [5, 5.41) is 5.03. The van der Waals surface area contributed by atoms with Crippen molar-refractivity contribution in [3.8, 4) is 0 Å². The summed E-state index contributed by atoms with van der Waals surface area (Å²) in [5.41, 5.74) is 0.285. The van der Waals surface area contributed by atoms with Gasteiger partial charge in [-0.05, 0) is 24.3 Å². The van der Waals surface area contributed by atoms with Crippen molar-refractivity contribution >= 4 is 23.3 Å². The Morgan fingerprint density at radius 2 is 1.54 bits per heavy atom. The zero-order valence-electron chi connectivity index (χ0n) is 14.9. The van der Waals surface area contributed by atoms with E-state index in [1.807, 2.05) is 23.1 Å². The average Bonchev–Trinajstić information content (AvgIpc) is 2.69. The molecule has 3 amide bonds. The Balaban J connectivity index is 1.47. The fourth-order valence-corrected chi connectivity index (χ4v) is 2.85. The number of amides is 3. The molecule has 148 valence electrons. The van der Waals surface area contributed by atoms with Gasteiger partial charge in [-0.25, -0.2) is 18.0 Å². The Morgan fingerprint density at radius 3 is 2.21 bits per heavy atom. The van der Waals surface area contributed by atoms with Gasteiger partial charge in [0.25, 0.3) is 0 Å². The molecule has 1 saturated heterocycles. The summed E-state index contributed by atoms with van der Waals surface area (Å²) in [7, 11) is 0. The molecule has 0 aromatic heterocycles. The summed E-state index contributed by atoms with van der Waals surface area (Å²) in [6.45, 7) is 1.72. The Hall–Kier alpha value is -3.07. The molecule has 9 heteroatoms. The Bertz CT molecular complexity index is 856. The Morgan fingerprint density at radius 1 is 0.857 bits per heavy atom. The van der Waals surface area contributed by atoms with Crippen LogP contribution in [0.5, 0.6) is 0 Å². The van der Waals surface area contributed by atoms with Gasteiger partial charge in [-0.15, -0.1) is 0 Å². The van der Waals surface area contributed by atoms with Crippen LogP contribution in [0.25, 0.3) is 0 Å². The quantitative estimate of drug-likeness (QED) is 0.787. The van der Waals surface area contributed by atoms with E-state index in [9.17, 15) is 22.8 Å². The highest BCUT2D eigenvalue weighted by molar-refractivity contribution is 5.92. The van der Waals surface area contributed by atoms with Crippen molar-refractivity contribution in [1.82, 2.24) is 9.80 Å². The molecule has 1 aliphatic heterocycles. The van der Waals surface area contributed by atoms with Gasteiger partial charge in [-0.3, -0.25) is 9.69 Å². The van der Waals surface area contributed by atoms with E-state index in [1.165, 1.54) is 4.90 Å². The van der Waals surface area contributed by atoms with Crippen LogP contribution in [0.4, 0.5) is 29.3 Å². The van der Waals surface area contributed by atoms with Crippen LogP contribution in [-0.4, -0.2) is 54.5 Å². The number of carbonyl (C=O) groups excluding carboxylic acids is 2. The van der Waals surface area contributed by atoms with Crippen molar-refractivity contribution in [3.63, 3.8) is 0 Å². The maximum Gasteiger partial charge on any atom is 0.322 e. The van der Waals surface area contributed by atoms with E-state index >= 15 is 0 Å². The van der Waals surface area contributed by atoms with Gasteiger partial charge in [0, 0.05) is 31.9 Å². The molecule has 0 bridgehead atoms. The number of carbonyl (C=O) groups is 2. The van der Waals surface area contributed by atoms with E-state index in [-0.39, 0.29) is 12.5 Å². The minimum Gasteiger partial charge on any atom is -0.325 e. The lowest BCUT2D eigenvalue weighted by atomic mass is 10.2. The number of benzene rings is 2. The third-order valence-corrected chi connectivity index (χ3v) is 4.36. The van der Waals surface area contributed by atoms with Crippen LogP contribution in [0.1, 0.15) is 0 Å². The van der Waals surface area contributed by atoms with Crippen LogP contribution in [-0.2, 0) is 4.79 Å². The third kappa shape index (κ3) is 4.80. The molecule has 0 radical (unpaired) electrons. The lowest BCUT2D eigenvalue weighted by molar-refractivity contribution is -0.117. The molecular weight excluding hydrogens is 373 g/mol. The van der Waals surface area contributed by atoms with Crippen LogP contribution in [0, 0.1) is 17.5 Å². The maximum atomic E-state index is 13.7. The average molecular weight is 392 g/mol. The molecule has 2 N–H and O–H groups in total. The highest BCUT2D eigenvalue weighted by Crippen LogP contribution is 2.20. The zero-order chi connectivity index (χ0) is 20.1. The van der Waals surface area contributed by atoms with Crippen LogP contribution in [0.15, 0.2) is 42.5 Å². The number of urea groups is 1. The maximum absolute atomic E-state index is 13.7. The van der Waals surface area contributed by atoms with Crippen molar-refractivity contribution in [1.29, 1.82) is 0 Å². The molecule has 0 atom stereocenters. The van der Waals surface area contributed by atoms with Gasteiger partial charge in [0.05, 0.1) is 12.2 Å². The molecule has 28 heavy (non-hydrogen) atoms. The first-order valence-electron chi connectivity index (χ1n) is 8.70. The molecule has 6 nitrogen and oxygen atoms in total. The summed E-state index contributed by atoms with van der Waals surface area (Å²) >= 11 is 0. The smallest absolute Gasteiger partial charge is 0.322 e. The molecule has 3 rings (SSSR count). The zero-order valence-corrected chi connectivity index (χ0v) is 14.9. The number of hydrogen-bond acceptors (Lipinski definition) is 3. The molecule has 0 aliphatic carbocycles. The normalized spacial score (nSPS) is 14.6. The standard InChI is InChI=1S/C19H19F3N4O2/c20-14-6-7-15(18(22)17(14)21)24-19(28)26-10-8-25(9-11-26)12-16(27)23-13-4-2-1-3-5-13/h1-7H,8-12H2,(H,23,27)(H,24,28). The van der Waals surface area contributed by atoms with E-state index in [0.717, 1.165) is 12.1 Å². The summed E-state index contributed by atoms with van der Waals surface area (Å²) in [5.74, 6) is -4.55. The number of piperazine rings is 1. The van der Waals surface area contributed by atoms with E-state index in [2.05, 4.69) is 10.6 Å². The van der Waals surface area contributed by atoms with E-state index in [4.69, 9.17) is 0 Å². The highest BCUT2D eigenvalue weighted by Gasteiger charge is 2.24. The van der Waals surface area contributed by atoms with Crippen LogP contribution < -0.4 is 10.6 Å². The predicted octanol–water partition coefficient (Wildman–Crippen LogP) is 2.89. The fourth-order valence-electron chi connectivity index (χ4n) is 2.85. The van der Waals surface area contributed by atoms with Crippen molar-refractivity contribution in [2.24, 2.45) is 0 Å². The van der Waals surface area contributed by atoms with E-state index in [1.54, 1.807) is 12.1 Å². The number of nitrogens with zero attached hydrogens (tertiary/aromatic N) is 2. The number of halogens is 3. The predicted molar refractivity (Wildman–Crippen MR) is 98.4 cm³/mol. The van der Waals surface area contributed by atoms with E-state index < -0.39 is 29.2 Å². The SMILES string of the molecule is O=C(CN1CCN(C(=O)Nc2ccc(F)c(F)c2F)CC1)Nc1ccccc1. The molecule has 0 saturated carbocycles. The van der Waals surface area contributed by atoms with Crippen molar-refractivity contribution in [2.45, 2.75) is 0 Å². The molecular formula is C19H19F3N4O2. The summed E-state index contributed by atoms with van der Waals surface area (Å²) in [6.07, 6.45) is 0. The number of hydrogen-bond donors (Lipinski definition) is 2. The Kier molecular flexibility index (Phi) is 6.15. The summed E-state index contributed by atoms with van der Waals surface area (Å²) < 4.78 is 39.9. The molecule has 0 unspecified atom stereocenters. The van der Waals surface area contributed by atoms with Gasteiger partial charge >= 0.3 is 6.03 Å². The van der Waals surface area contributed by atoms with Crippen molar-refractivity contribution in [3.05, 3.63) is 59.9 Å². The summed E-state index contributed by atoms with van der Waals surface area (Å²) in [6, 6.07) is 10.2.